The molecule has 1 unspecified atom stereocenters. The lowest BCUT2D eigenvalue weighted by molar-refractivity contribution is -0.385. The number of benzene rings is 2. The van der Waals surface area contributed by atoms with Crippen molar-refractivity contribution in [2.75, 3.05) is 7.11 Å². The van der Waals surface area contributed by atoms with Gasteiger partial charge in [-0.15, -0.1) is 0 Å². The molecule has 0 aliphatic carbocycles. The van der Waals surface area contributed by atoms with Crippen LogP contribution in [0.1, 0.15) is 27.6 Å². The van der Waals surface area contributed by atoms with E-state index < -0.39 is 17.0 Å². The summed E-state index contributed by atoms with van der Waals surface area (Å²) < 4.78 is 10.6. The minimum Gasteiger partial charge on any atom is -0.496 e. The molecule has 1 aliphatic heterocycles. The van der Waals surface area contributed by atoms with Gasteiger partial charge in [0.05, 0.1) is 17.6 Å². The van der Waals surface area contributed by atoms with Gasteiger partial charge in [0.2, 0.25) is 0 Å². The number of fused-ring (bicyclic) bond motifs is 1. The Bertz CT molecular complexity index is 741. The number of cyclic esters (lactones) is 1. The Hall–Kier alpha value is -2.89. The maximum absolute atomic E-state index is 11.9. The predicted molar refractivity (Wildman–Crippen MR) is 73.3 cm³/mol. The third-order valence-corrected chi connectivity index (χ3v) is 3.39. The molecular weight excluding hydrogens is 274 g/mol. The Morgan fingerprint density at radius 2 is 1.95 bits per heavy atom. The van der Waals surface area contributed by atoms with Gasteiger partial charge in [0.1, 0.15) is 5.75 Å². The van der Waals surface area contributed by atoms with Crippen molar-refractivity contribution >= 4 is 11.7 Å². The smallest absolute Gasteiger partial charge is 0.339 e. The van der Waals surface area contributed by atoms with E-state index in [9.17, 15) is 14.9 Å². The Labute approximate surface area is 120 Å². The fourth-order valence-corrected chi connectivity index (χ4v) is 2.42. The van der Waals surface area contributed by atoms with E-state index in [2.05, 4.69) is 0 Å². The first-order chi connectivity index (χ1) is 10.1. The standard InChI is InChI=1S/C15H11NO5/c1-20-13-7-6-9(16(18)19)8-12(13)14-10-4-2-3-5-11(10)15(17)21-14/h2-8,14H,1H3. The van der Waals surface area contributed by atoms with Gasteiger partial charge in [-0.05, 0) is 12.1 Å². The van der Waals surface area contributed by atoms with E-state index in [1.54, 1.807) is 24.3 Å². The van der Waals surface area contributed by atoms with Crippen LogP contribution in [-0.4, -0.2) is 18.0 Å². The minimum atomic E-state index is -0.691. The maximum Gasteiger partial charge on any atom is 0.339 e. The van der Waals surface area contributed by atoms with E-state index in [4.69, 9.17) is 9.47 Å². The summed E-state index contributed by atoms with van der Waals surface area (Å²) in [6.45, 7) is 0. The first kappa shape index (κ1) is 13.1. The number of methoxy groups -OCH3 is 1. The van der Waals surface area contributed by atoms with Crippen molar-refractivity contribution in [3.63, 3.8) is 0 Å². The minimum absolute atomic E-state index is 0.0776. The van der Waals surface area contributed by atoms with Crippen molar-refractivity contribution in [3.05, 3.63) is 69.3 Å². The fraction of sp³-hybridized carbons (Fsp3) is 0.133. The molecule has 0 saturated heterocycles. The summed E-state index contributed by atoms with van der Waals surface area (Å²) in [5.74, 6) is -0.000683. The first-order valence-electron chi connectivity index (χ1n) is 6.24. The van der Waals surface area contributed by atoms with Crippen LogP contribution in [0.5, 0.6) is 5.75 Å². The number of carbonyl (C=O) groups is 1. The summed E-state index contributed by atoms with van der Waals surface area (Å²) in [4.78, 5) is 22.3. The van der Waals surface area contributed by atoms with Crippen molar-refractivity contribution in [2.45, 2.75) is 6.10 Å². The number of rotatable bonds is 3. The van der Waals surface area contributed by atoms with E-state index in [0.29, 0.717) is 22.4 Å². The molecule has 0 radical (unpaired) electrons. The summed E-state index contributed by atoms with van der Waals surface area (Å²) in [5.41, 5.74) is 1.54. The molecule has 0 amide bonds. The molecule has 0 N–H and O–H groups in total. The van der Waals surface area contributed by atoms with Crippen molar-refractivity contribution in [1.29, 1.82) is 0 Å². The zero-order chi connectivity index (χ0) is 15.0. The Kier molecular flexibility index (Phi) is 3.06. The van der Waals surface area contributed by atoms with E-state index in [1.165, 1.54) is 25.3 Å². The normalized spacial score (nSPS) is 16.2. The number of ether oxygens (including phenoxy) is 2. The van der Waals surface area contributed by atoms with Crippen LogP contribution in [0.15, 0.2) is 42.5 Å². The van der Waals surface area contributed by atoms with Gasteiger partial charge >= 0.3 is 5.97 Å². The molecular formula is C15H11NO5. The fourth-order valence-electron chi connectivity index (χ4n) is 2.42. The van der Waals surface area contributed by atoms with Gasteiger partial charge in [-0.3, -0.25) is 10.1 Å². The zero-order valence-electron chi connectivity index (χ0n) is 11.1. The van der Waals surface area contributed by atoms with Crippen molar-refractivity contribution in [1.82, 2.24) is 0 Å². The molecule has 0 aromatic heterocycles. The van der Waals surface area contributed by atoms with Crippen LogP contribution in [0.25, 0.3) is 0 Å². The molecule has 21 heavy (non-hydrogen) atoms. The molecule has 0 spiro atoms. The van der Waals surface area contributed by atoms with Crippen LogP contribution in [0.3, 0.4) is 0 Å². The van der Waals surface area contributed by atoms with Gasteiger partial charge in [0, 0.05) is 23.3 Å². The molecule has 0 bridgehead atoms. The topological polar surface area (TPSA) is 78.7 Å². The molecule has 3 rings (SSSR count). The summed E-state index contributed by atoms with van der Waals surface area (Å²) >= 11 is 0. The number of non-ortho nitro benzene ring substituents is 1. The molecule has 1 atom stereocenters. The zero-order valence-corrected chi connectivity index (χ0v) is 11.1. The van der Waals surface area contributed by atoms with Crippen LogP contribution in [0.2, 0.25) is 0 Å². The number of hydrogen-bond acceptors (Lipinski definition) is 5. The monoisotopic (exact) mass is 285 g/mol. The van der Waals surface area contributed by atoms with Gasteiger partial charge in [-0.1, -0.05) is 18.2 Å². The molecule has 6 nitrogen and oxygen atoms in total. The van der Waals surface area contributed by atoms with E-state index in [0.717, 1.165) is 0 Å². The lowest BCUT2D eigenvalue weighted by atomic mass is 9.98. The Balaban J connectivity index is 2.15. The molecule has 106 valence electrons. The molecule has 6 heteroatoms. The van der Waals surface area contributed by atoms with Gasteiger partial charge in [0.25, 0.3) is 5.69 Å². The third-order valence-electron chi connectivity index (χ3n) is 3.39. The number of nitrogens with zero attached hydrogens (tertiary/aromatic N) is 1. The number of nitro groups is 1. The lowest BCUT2D eigenvalue weighted by Crippen LogP contribution is -2.04. The molecule has 2 aromatic rings. The largest absolute Gasteiger partial charge is 0.496 e. The predicted octanol–water partition coefficient (Wildman–Crippen LogP) is 2.86. The highest BCUT2D eigenvalue weighted by Crippen LogP contribution is 2.40. The average molecular weight is 285 g/mol. The maximum atomic E-state index is 11.9. The van der Waals surface area contributed by atoms with E-state index in [1.807, 2.05) is 0 Å². The SMILES string of the molecule is COc1ccc([N+](=O)[O-])cc1C1OC(=O)c2ccccc21. The quantitative estimate of drug-likeness (QED) is 0.492. The van der Waals surface area contributed by atoms with E-state index in [-0.39, 0.29) is 5.69 Å². The third kappa shape index (κ3) is 2.10. The van der Waals surface area contributed by atoms with Crippen molar-refractivity contribution < 1.29 is 19.2 Å². The summed E-state index contributed by atoms with van der Waals surface area (Å²) in [6, 6.07) is 11.2. The van der Waals surface area contributed by atoms with Gasteiger partial charge in [-0.2, -0.15) is 0 Å². The highest BCUT2D eigenvalue weighted by molar-refractivity contribution is 5.94. The van der Waals surface area contributed by atoms with E-state index >= 15 is 0 Å². The van der Waals surface area contributed by atoms with Crippen LogP contribution < -0.4 is 4.74 Å². The number of hydrogen-bond donors (Lipinski definition) is 0. The Morgan fingerprint density at radius 1 is 1.19 bits per heavy atom. The highest BCUT2D eigenvalue weighted by Gasteiger charge is 2.34. The van der Waals surface area contributed by atoms with Gasteiger partial charge in [0.15, 0.2) is 6.10 Å². The van der Waals surface area contributed by atoms with Crippen LogP contribution in [0, 0.1) is 10.1 Å². The number of nitro benzene ring substituents is 1. The summed E-state index contributed by atoms with van der Waals surface area (Å²) in [6.07, 6.45) is -0.691. The van der Waals surface area contributed by atoms with Crippen molar-refractivity contribution in [2.24, 2.45) is 0 Å². The van der Waals surface area contributed by atoms with Gasteiger partial charge < -0.3 is 9.47 Å². The van der Waals surface area contributed by atoms with Crippen LogP contribution >= 0.6 is 0 Å². The first-order valence-corrected chi connectivity index (χ1v) is 6.24. The summed E-state index contributed by atoms with van der Waals surface area (Å²) in [5, 5.41) is 10.9. The second kappa shape index (κ2) is 4.90. The molecule has 1 heterocycles. The highest BCUT2D eigenvalue weighted by atomic mass is 16.6. The molecule has 0 fully saturated rings. The van der Waals surface area contributed by atoms with Gasteiger partial charge in [-0.25, -0.2) is 4.79 Å². The average Bonchev–Trinajstić information content (AvgIpc) is 2.84. The van der Waals surface area contributed by atoms with Crippen LogP contribution in [0.4, 0.5) is 5.69 Å². The number of esters is 1. The second-order valence-corrected chi connectivity index (χ2v) is 4.56. The van der Waals surface area contributed by atoms with Crippen molar-refractivity contribution in [3.8, 4) is 5.75 Å². The summed E-state index contributed by atoms with van der Waals surface area (Å²) in [7, 11) is 1.47. The lowest BCUT2D eigenvalue weighted by Gasteiger charge is -2.14. The molecule has 2 aromatic carbocycles. The number of carbonyl (C=O) groups excluding carboxylic acids is 1. The molecule has 1 aliphatic rings. The Morgan fingerprint density at radius 3 is 2.67 bits per heavy atom. The molecule has 0 saturated carbocycles. The van der Waals surface area contributed by atoms with Crippen LogP contribution in [-0.2, 0) is 4.74 Å². The second-order valence-electron chi connectivity index (χ2n) is 4.56.